The second kappa shape index (κ2) is 6.40. The second-order valence-electron chi connectivity index (χ2n) is 5.54. The normalized spacial score (nSPS) is 15.9. The third-order valence-corrected chi connectivity index (χ3v) is 5.67. The van der Waals surface area contributed by atoms with E-state index in [-0.39, 0.29) is 5.25 Å². The van der Waals surface area contributed by atoms with E-state index in [1.165, 1.54) is 17.7 Å². The fourth-order valence-corrected chi connectivity index (χ4v) is 3.76. The first-order valence-corrected chi connectivity index (χ1v) is 9.34. The molecule has 1 aliphatic carbocycles. The summed E-state index contributed by atoms with van der Waals surface area (Å²) < 4.78 is 7.21. The summed E-state index contributed by atoms with van der Waals surface area (Å²) in [6, 6.07) is 4.19. The first-order valence-electron chi connectivity index (χ1n) is 7.58. The Hall–Kier alpha value is -1.74. The molecule has 0 spiro atoms. The molecule has 23 heavy (non-hydrogen) atoms. The Kier molecular flexibility index (Phi) is 4.13. The standard InChI is InChI=1S/C14H16N6OS2/c1-9(13-15-12(17-21-13)10-4-5-10)23-14-16-18-19-20(14)7-6-11-3-2-8-22-11/h2-3,8-10H,4-7H2,1H3/t9-/m0/s1. The van der Waals surface area contributed by atoms with Crippen LogP contribution in [0.5, 0.6) is 0 Å². The van der Waals surface area contributed by atoms with Gasteiger partial charge >= 0.3 is 0 Å². The summed E-state index contributed by atoms with van der Waals surface area (Å²) in [6.07, 6.45) is 3.26. The summed E-state index contributed by atoms with van der Waals surface area (Å²) in [5, 5.41) is 18.9. The average Bonchev–Trinajstić information content (AvgIpc) is 3.00. The molecule has 0 unspecified atom stereocenters. The van der Waals surface area contributed by atoms with Gasteiger partial charge in [0.15, 0.2) is 5.82 Å². The van der Waals surface area contributed by atoms with Gasteiger partial charge in [0.05, 0.1) is 11.8 Å². The molecule has 0 radical (unpaired) electrons. The molecule has 4 rings (SSSR count). The highest BCUT2D eigenvalue weighted by Gasteiger charge is 2.30. The van der Waals surface area contributed by atoms with Crippen LogP contribution < -0.4 is 0 Å². The molecule has 9 heteroatoms. The summed E-state index contributed by atoms with van der Waals surface area (Å²) in [6.45, 7) is 2.80. The van der Waals surface area contributed by atoms with Crippen molar-refractivity contribution in [3.63, 3.8) is 0 Å². The Morgan fingerprint density at radius 3 is 3.17 bits per heavy atom. The van der Waals surface area contributed by atoms with E-state index in [1.807, 2.05) is 11.6 Å². The van der Waals surface area contributed by atoms with E-state index in [9.17, 15) is 0 Å². The number of thiophene rings is 1. The van der Waals surface area contributed by atoms with Crippen molar-refractivity contribution in [3.8, 4) is 0 Å². The zero-order valence-corrected chi connectivity index (χ0v) is 14.3. The molecule has 0 saturated heterocycles. The monoisotopic (exact) mass is 348 g/mol. The van der Waals surface area contributed by atoms with Gasteiger partial charge in [-0.3, -0.25) is 0 Å². The SMILES string of the molecule is C[C@H](Sc1nnnn1CCc1cccs1)c1nc(C2CC2)no1. The highest BCUT2D eigenvalue weighted by molar-refractivity contribution is 7.99. The van der Waals surface area contributed by atoms with Crippen LogP contribution >= 0.6 is 23.1 Å². The third kappa shape index (κ3) is 3.45. The first kappa shape index (κ1) is 14.8. The Morgan fingerprint density at radius 1 is 1.48 bits per heavy atom. The molecule has 0 bridgehead atoms. The van der Waals surface area contributed by atoms with Crippen molar-refractivity contribution in [1.29, 1.82) is 0 Å². The molecule has 3 aromatic rings. The van der Waals surface area contributed by atoms with Crippen LogP contribution in [-0.4, -0.2) is 30.3 Å². The number of aromatic nitrogens is 6. The quantitative estimate of drug-likeness (QED) is 0.607. The van der Waals surface area contributed by atoms with Crippen molar-refractivity contribution < 1.29 is 4.52 Å². The summed E-state index contributed by atoms with van der Waals surface area (Å²) in [5.41, 5.74) is 0. The molecule has 1 aliphatic rings. The Balaban J connectivity index is 1.40. The van der Waals surface area contributed by atoms with E-state index >= 15 is 0 Å². The van der Waals surface area contributed by atoms with E-state index in [1.54, 1.807) is 23.1 Å². The number of hydrogen-bond acceptors (Lipinski definition) is 8. The van der Waals surface area contributed by atoms with Crippen LogP contribution in [0.3, 0.4) is 0 Å². The van der Waals surface area contributed by atoms with Crippen LogP contribution in [0.2, 0.25) is 0 Å². The van der Waals surface area contributed by atoms with Crippen molar-refractivity contribution in [2.45, 2.75) is 49.1 Å². The van der Waals surface area contributed by atoms with Crippen molar-refractivity contribution in [3.05, 3.63) is 34.1 Å². The number of nitrogens with zero attached hydrogens (tertiary/aromatic N) is 6. The van der Waals surface area contributed by atoms with Gasteiger partial charge in [0.25, 0.3) is 0 Å². The molecule has 1 fully saturated rings. The number of thioether (sulfide) groups is 1. The third-order valence-electron chi connectivity index (χ3n) is 3.68. The molecule has 0 aromatic carbocycles. The van der Waals surface area contributed by atoms with Gasteiger partial charge in [0, 0.05) is 17.2 Å². The minimum Gasteiger partial charge on any atom is -0.338 e. The molecule has 1 saturated carbocycles. The fraction of sp³-hybridized carbons (Fsp3) is 0.500. The lowest BCUT2D eigenvalue weighted by Gasteiger charge is -2.06. The zero-order valence-electron chi connectivity index (χ0n) is 12.6. The molecule has 1 atom stereocenters. The summed E-state index contributed by atoms with van der Waals surface area (Å²) in [5.74, 6) is 1.98. The maximum atomic E-state index is 5.38. The summed E-state index contributed by atoms with van der Waals surface area (Å²) in [4.78, 5) is 5.82. The van der Waals surface area contributed by atoms with Gasteiger partial charge < -0.3 is 4.52 Å². The molecule has 7 nitrogen and oxygen atoms in total. The van der Waals surface area contributed by atoms with E-state index in [0.717, 1.165) is 23.9 Å². The molecule has 3 heterocycles. The Bertz CT molecular complexity index is 764. The van der Waals surface area contributed by atoms with Crippen molar-refractivity contribution in [2.24, 2.45) is 0 Å². The van der Waals surface area contributed by atoms with Crippen molar-refractivity contribution in [1.82, 2.24) is 30.3 Å². The second-order valence-corrected chi connectivity index (χ2v) is 7.88. The molecular weight excluding hydrogens is 332 g/mol. The lowest BCUT2D eigenvalue weighted by Crippen LogP contribution is -2.05. The maximum absolute atomic E-state index is 5.38. The highest BCUT2D eigenvalue weighted by atomic mass is 32.2. The van der Waals surface area contributed by atoms with Gasteiger partial charge in [-0.2, -0.15) is 4.98 Å². The molecular formula is C14H16N6OS2. The number of rotatable bonds is 7. The van der Waals surface area contributed by atoms with Gasteiger partial charge in [0.1, 0.15) is 0 Å². The summed E-state index contributed by atoms with van der Waals surface area (Å²) >= 11 is 3.30. The minimum atomic E-state index is 0.0292. The van der Waals surface area contributed by atoms with Crippen LogP contribution in [0.1, 0.15) is 47.5 Å². The van der Waals surface area contributed by atoms with E-state index in [4.69, 9.17) is 4.52 Å². The largest absolute Gasteiger partial charge is 0.338 e. The predicted octanol–water partition coefficient (Wildman–Crippen LogP) is 3.09. The summed E-state index contributed by atoms with van der Waals surface area (Å²) in [7, 11) is 0. The highest BCUT2D eigenvalue weighted by Crippen LogP contribution is 2.40. The fourth-order valence-electron chi connectivity index (χ4n) is 2.22. The number of aryl methyl sites for hydroxylation is 2. The van der Waals surface area contributed by atoms with E-state index in [2.05, 4.69) is 43.2 Å². The number of hydrogen-bond donors (Lipinski definition) is 0. The van der Waals surface area contributed by atoms with E-state index in [0.29, 0.717) is 11.8 Å². The van der Waals surface area contributed by atoms with Crippen molar-refractivity contribution >= 4 is 23.1 Å². The maximum Gasteiger partial charge on any atom is 0.239 e. The van der Waals surface area contributed by atoms with Gasteiger partial charge in [-0.05, 0) is 41.6 Å². The van der Waals surface area contributed by atoms with Crippen LogP contribution in [0.4, 0.5) is 0 Å². The Labute approximate surface area is 141 Å². The molecule has 0 amide bonds. The smallest absolute Gasteiger partial charge is 0.239 e. The Morgan fingerprint density at radius 2 is 2.39 bits per heavy atom. The zero-order chi connectivity index (χ0) is 15.6. The van der Waals surface area contributed by atoms with Gasteiger partial charge in [0.2, 0.25) is 11.0 Å². The van der Waals surface area contributed by atoms with Crippen LogP contribution in [0, 0.1) is 0 Å². The van der Waals surface area contributed by atoms with Crippen LogP contribution in [0.25, 0.3) is 0 Å². The van der Waals surface area contributed by atoms with Gasteiger partial charge in [-0.15, -0.1) is 16.4 Å². The molecule has 0 aliphatic heterocycles. The average molecular weight is 348 g/mol. The minimum absolute atomic E-state index is 0.0292. The molecule has 120 valence electrons. The van der Waals surface area contributed by atoms with E-state index < -0.39 is 0 Å². The predicted molar refractivity (Wildman–Crippen MR) is 86.4 cm³/mol. The number of tetrazole rings is 1. The van der Waals surface area contributed by atoms with Gasteiger partial charge in [-0.25, -0.2) is 4.68 Å². The molecule has 3 aromatic heterocycles. The first-order chi connectivity index (χ1) is 11.3. The lowest BCUT2D eigenvalue weighted by atomic mass is 10.3. The lowest BCUT2D eigenvalue weighted by molar-refractivity contribution is 0.374. The van der Waals surface area contributed by atoms with Crippen LogP contribution in [0.15, 0.2) is 27.2 Å². The molecule has 0 N–H and O–H groups in total. The topological polar surface area (TPSA) is 82.5 Å². The van der Waals surface area contributed by atoms with Crippen LogP contribution in [-0.2, 0) is 13.0 Å². The van der Waals surface area contributed by atoms with Gasteiger partial charge in [-0.1, -0.05) is 23.0 Å². The van der Waals surface area contributed by atoms with Crippen molar-refractivity contribution in [2.75, 3.05) is 0 Å².